The molecular formula is C10H8NO. The minimum atomic E-state index is -0.0701. The number of hydrogen-bond acceptors (Lipinski definition) is 1. The molecule has 0 atom stereocenters. The van der Waals surface area contributed by atoms with Crippen LogP contribution >= 0.6 is 0 Å². The summed E-state index contributed by atoms with van der Waals surface area (Å²) in [7, 11) is 0. The van der Waals surface area contributed by atoms with E-state index in [1.54, 1.807) is 6.07 Å². The van der Waals surface area contributed by atoms with E-state index in [0.717, 1.165) is 16.5 Å². The Labute approximate surface area is 69.9 Å². The van der Waals surface area contributed by atoms with Crippen molar-refractivity contribution in [1.29, 1.82) is 0 Å². The van der Waals surface area contributed by atoms with Crippen molar-refractivity contribution < 1.29 is 0 Å². The molecule has 2 heteroatoms. The molecule has 0 aliphatic rings. The van der Waals surface area contributed by atoms with Crippen LogP contribution < -0.4 is 5.56 Å². The van der Waals surface area contributed by atoms with Gasteiger partial charge in [-0.2, -0.15) is 0 Å². The molecule has 0 aliphatic carbocycles. The minimum Gasteiger partial charge on any atom is -0.322 e. The van der Waals surface area contributed by atoms with Crippen LogP contribution in [0.1, 0.15) is 5.56 Å². The van der Waals surface area contributed by atoms with Crippen molar-refractivity contribution in [3.8, 4) is 0 Å². The Morgan fingerprint density at radius 2 is 2.00 bits per heavy atom. The van der Waals surface area contributed by atoms with E-state index in [9.17, 15) is 4.79 Å². The largest absolute Gasteiger partial charge is 0.322 e. The van der Waals surface area contributed by atoms with Gasteiger partial charge >= 0.3 is 0 Å². The van der Waals surface area contributed by atoms with Crippen LogP contribution in [0, 0.1) is 6.92 Å². The molecule has 0 fully saturated rings. The molecule has 0 unspecified atom stereocenters. The Morgan fingerprint density at radius 3 is 2.83 bits per heavy atom. The normalized spacial score (nSPS) is 10.4. The first kappa shape index (κ1) is 7.10. The predicted octanol–water partition coefficient (Wildman–Crippen LogP) is 1.71. The van der Waals surface area contributed by atoms with Gasteiger partial charge < -0.3 is 4.98 Å². The van der Waals surface area contributed by atoms with Crippen molar-refractivity contribution in [1.82, 2.24) is 4.98 Å². The van der Waals surface area contributed by atoms with Crippen LogP contribution in [0.4, 0.5) is 0 Å². The number of pyridine rings is 1. The summed E-state index contributed by atoms with van der Waals surface area (Å²) < 4.78 is 0. The Kier molecular flexibility index (Phi) is 1.47. The van der Waals surface area contributed by atoms with Crippen molar-refractivity contribution >= 4 is 10.9 Å². The lowest BCUT2D eigenvalue weighted by molar-refractivity contribution is 1.31. The fourth-order valence-electron chi connectivity index (χ4n) is 1.20. The zero-order valence-corrected chi connectivity index (χ0v) is 6.50. The molecule has 0 amide bonds. The maximum absolute atomic E-state index is 10.9. The fraction of sp³-hybridized carbons (Fsp3) is 0. The lowest BCUT2D eigenvalue weighted by atomic mass is 10.1. The summed E-state index contributed by atoms with van der Waals surface area (Å²) in [5.41, 5.74) is 1.74. The topological polar surface area (TPSA) is 32.9 Å². The van der Waals surface area contributed by atoms with E-state index in [2.05, 4.69) is 11.9 Å². The number of fused-ring (bicyclic) bond motifs is 1. The number of hydrogen-bond donors (Lipinski definition) is 1. The van der Waals surface area contributed by atoms with Gasteiger partial charge in [0.15, 0.2) is 0 Å². The zero-order valence-electron chi connectivity index (χ0n) is 6.50. The summed E-state index contributed by atoms with van der Waals surface area (Å²) in [5.74, 6) is 0. The van der Waals surface area contributed by atoms with Crippen LogP contribution in [0.25, 0.3) is 10.9 Å². The second kappa shape index (κ2) is 2.48. The quantitative estimate of drug-likeness (QED) is 0.622. The number of benzene rings is 1. The summed E-state index contributed by atoms with van der Waals surface area (Å²) in [4.78, 5) is 13.6. The van der Waals surface area contributed by atoms with Gasteiger partial charge in [-0.25, -0.2) is 0 Å². The number of aromatic amines is 1. The molecule has 59 valence electrons. The molecule has 2 aromatic rings. The Balaban J connectivity index is 2.87. The van der Waals surface area contributed by atoms with Gasteiger partial charge in [-0.15, -0.1) is 0 Å². The van der Waals surface area contributed by atoms with E-state index in [0.29, 0.717) is 0 Å². The first-order valence-electron chi connectivity index (χ1n) is 3.71. The predicted molar refractivity (Wildman–Crippen MR) is 49.0 cm³/mol. The fourth-order valence-corrected chi connectivity index (χ4v) is 1.20. The first-order valence-corrected chi connectivity index (χ1v) is 3.71. The highest BCUT2D eigenvalue weighted by Gasteiger charge is 1.92. The van der Waals surface area contributed by atoms with Crippen molar-refractivity contribution in [3.05, 3.63) is 53.2 Å². The first-order chi connectivity index (χ1) is 5.75. The molecule has 0 spiro atoms. The van der Waals surface area contributed by atoms with Gasteiger partial charge in [0, 0.05) is 11.6 Å². The lowest BCUT2D eigenvalue weighted by Crippen LogP contribution is -2.01. The zero-order chi connectivity index (χ0) is 8.55. The summed E-state index contributed by atoms with van der Waals surface area (Å²) in [6.45, 7) is 3.80. The molecule has 1 N–H and O–H groups in total. The average molecular weight is 158 g/mol. The van der Waals surface area contributed by atoms with Gasteiger partial charge in [-0.1, -0.05) is 6.07 Å². The maximum atomic E-state index is 10.9. The Bertz CT molecular complexity index is 470. The Hall–Kier alpha value is -1.57. The van der Waals surface area contributed by atoms with E-state index in [1.165, 1.54) is 6.07 Å². The highest BCUT2D eigenvalue weighted by atomic mass is 16.1. The number of aromatic nitrogens is 1. The van der Waals surface area contributed by atoms with Crippen LogP contribution in [-0.2, 0) is 0 Å². The standard InChI is InChI=1S/C10H8NO/c1-7-2-4-9-8(6-7)3-5-10(12)11-9/h2-6H,1H2,(H,11,12). The van der Waals surface area contributed by atoms with E-state index in [1.807, 2.05) is 18.2 Å². The third kappa shape index (κ3) is 1.11. The lowest BCUT2D eigenvalue weighted by Gasteiger charge is -1.96. The highest BCUT2D eigenvalue weighted by Crippen LogP contribution is 2.10. The third-order valence-corrected chi connectivity index (χ3v) is 1.79. The summed E-state index contributed by atoms with van der Waals surface area (Å²) >= 11 is 0. The van der Waals surface area contributed by atoms with E-state index in [-0.39, 0.29) is 5.56 Å². The molecule has 0 bridgehead atoms. The highest BCUT2D eigenvalue weighted by molar-refractivity contribution is 5.79. The molecule has 0 aliphatic heterocycles. The monoisotopic (exact) mass is 158 g/mol. The van der Waals surface area contributed by atoms with E-state index < -0.39 is 0 Å². The van der Waals surface area contributed by atoms with Crippen molar-refractivity contribution in [2.45, 2.75) is 0 Å². The summed E-state index contributed by atoms with van der Waals surface area (Å²) in [5, 5.41) is 1.02. The van der Waals surface area contributed by atoms with Crippen molar-refractivity contribution in [2.75, 3.05) is 0 Å². The maximum Gasteiger partial charge on any atom is 0.248 e. The Morgan fingerprint density at radius 1 is 1.17 bits per heavy atom. The van der Waals surface area contributed by atoms with Gasteiger partial charge in [0.1, 0.15) is 0 Å². The van der Waals surface area contributed by atoms with Gasteiger partial charge in [-0.3, -0.25) is 4.79 Å². The SMILES string of the molecule is [CH2]c1ccc2[nH]c(=O)ccc2c1. The van der Waals surface area contributed by atoms with Crippen LogP contribution in [-0.4, -0.2) is 4.98 Å². The average Bonchev–Trinajstić information content (AvgIpc) is 2.05. The second-order valence-corrected chi connectivity index (χ2v) is 2.74. The van der Waals surface area contributed by atoms with Crippen LogP contribution in [0.3, 0.4) is 0 Å². The molecular weight excluding hydrogens is 150 g/mol. The molecule has 1 radical (unpaired) electrons. The molecule has 0 saturated carbocycles. The van der Waals surface area contributed by atoms with Gasteiger partial charge in [-0.05, 0) is 36.1 Å². The molecule has 1 heterocycles. The summed E-state index contributed by atoms with van der Waals surface area (Å²) in [6.07, 6.45) is 0. The summed E-state index contributed by atoms with van der Waals surface area (Å²) in [6, 6.07) is 8.98. The van der Waals surface area contributed by atoms with Crippen molar-refractivity contribution in [2.24, 2.45) is 0 Å². The van der Waals surface area contributed by atoms with Gasteiger partial charge in [0.2, 0.25) is 5.56 Å². The molecule has 0 saturated heterocycles. The van der Waals surface area contributed by atoms with Crippen LogP contribution in [0.2, 0.25) is 0 Å². The smallest absolute Gasteiger partial charge is 0.248 e. The number of H-pyrrole nitrogens is 1. The molecule has 12 heavy (non-hydrogen) atoms. The van der Waals surface area contributed by atoms with Crippen LogP contribution in [0.15, 0.2) is 35.1 Å². The van der Waals surface area contributed by atoms with E-state index >= 15 is 0 Å². The van der Waals surface area contributed by atoms with E-state index in [4.69, 9.17) is 0 Å². The van der Waals surface area contributed by atoms with Gasteiger partial charge in [0.25, 0.3) is 0 Å². The molecule has 1 aromatic heterocycles. The molecule has 2 nitrogen and oxygen atoms in total. The van der Waals surface area contributed by atoms with Crippen LogP contribution in [0.5, 0.6) is 0 Å². The second-order valence-electron chi connectivity index (χ2n) is 2.74. The number of rotatable bonds is 0. The van der Waals surface area contributed by atoms with Crippen molar-refractivity contribution in [3.63, 3.8) is 0 Å². The third-order valence-electron chi connectivity index (χ3n) is 1.79. The van der Waals surface area contributed by atoms with Gasteiger partial charge in [0.05, 0.1) is 0 Å². The molecule has 2 rings (SSSR count). The molecule has 1 aromatic carbocycles. The minimum absolute atomic E-state index is 0.0701. The number of nitrogens with one attached hydrogen (secondary N) is 1.